The minimum Gasteiger partial charge on any atom is -0.467 e. The largest absolute Gasteiger partial charge is 0.467 e. The molecule has 0 bridgehead atoms. The van der Waals surface area contributed by atoms with Gasteiger partial charge in [-0.05, 0) is 38.3 Å². The Hall–Kier alpha value is -2.37. The Morgan fingerprint density at radius 2 is 1.67 bits per heavy atom. The Morgan fingerprint density at radius 1 is 1.08 bits per heavy atom. The monoisotopic (exact) mass is 335 g/mol. The Morgan fingerprint density at radius 3 is 2.17 bits per heavy atom. The molecule has 1 amide bonds. The topological polar surface area (TPSA) is 81.7 Å². The zero-order valence-corrected chi connectivity index (χ0v) is 14.8. The minimum atomic E-state index is -0.748. The van der Waals surface area contributed by atoms with Crippen LogP contribution in [0.15, 0.2) is 18.2 Å². The maximum absolute atomic E-state index is 12.0. The average Bonchev–Trinajstić information content (AvgIpc) is 2.49. The van der Waals surface area contributed by atoms with E-state index in [-0.39, 0.29) is 5.92 Å². The van der Waals surface area contributed by atoms with E-state index in [1.54, 1.807) is 12.1 Å². The van der Waals surface area contributed by atoms with Gasteiger partial charge in [-0.25, -0.2) is 9.59 Å². The molecule has 0 unspecified atom stereocenters. The molecule has 1 aromatic rings. The van der Waals surface area contributed by atoms with Crippen molar-refractivity contribution in [3.05, 3.63) is 34.9 Å². The van der Waals surface area contributed by atoms with E-state index in [0.717, 1.165) is 11.1 Å². The number of carbonyl (C=O) groups is 3. The molecule has 6 nitrogen and oxygen atoms in total. The third-order valence-electron chi connectivity index (χ3n) is 3.32. The molecule has 0 saturated carbocycles. The molecule has 132 valence electrons. The van der Waals surface area contributed by atoms with Crippen LogP contribution < -0.4 is 5.32 Å². The lowest BCUT2D eigenvalue weighted by Crippen LogP contribution is -2.44. The Kier molecular flexibility index (Phi) is 7.42. The van der Waals surface area contributed by atoms with E-state index in [2.05, 4.69) is 10.1 Å². The van der Waals surface area contributed by atoms with Crippen LogP contribution in [-0.4, -0.2) is 37.6 Å². The number of rotatable bonds is 7. The number of amides is 1. The maximum atomic E-state index is 12.0. The number of methoxy groups -OCH3 is 1. The summed E-state index contributed by atoms with van der Waals surface area (Å²) in [5.74, 6) is -1.43. The molecule has 1 N–H and O–H groups in total. The molecule has 1 atom stereocenters. The predicted octanol–water partition coefficient (Wildman–Crippen LogP) is 2.16. The van der Waals surface area contributed by atoms with Gasteiger partial charge in [-0.2, -0.15) is 0 Å². The summed E-state index contributed by atoms with van der Waals surface area (Å²) in [5, 5.41) is 2.54. The van der Waals surface area contributed by atoms with Crippen LogP contribution >= 0.6 is 0 Å². The second-order valence-electron chi connectivity index (χ2n) is 6.23. The van der Waals surface area contributed by atoms with E-state index >= 15 is 0 Å². The Labute approximate surface area is 142 Å². The average molecular weight is 335 g/mol. The maximum Gasteiger partial charge on any atom is 0.338 e. The molecule has 0 spiro atoms. The molecule has 0 heterocycles. The number of ether oxygens (including phenoxy) is 2. The fraction of sp³-hybridized carbons (Fsp3) is 0.500. The van der Waals surface area contributed by atoms with E-state index < -0.39 is 30.5 Å². The van der Waals surface area contributed by atoms with Gasteiger partial charge in [-0.3, -0.25) is 4.79 Å². The van der Waals surface area contributed by atoms with Crippen molar-refractivity contribution in [2.45, 2.75) is 40.2 Å². The van der Waals surface area contributed by atoms with Crippen LogP contribution in [0.1, 0.15) is 41.8 Å². The SMILES string of the molecule is COC(=O)[C@@H](CC(C)C)NC(=O)COC(=O)c1cc(C)cc(C)c1. The molecule has 1 aromatic carbocycles. The predicted molar refractivity (Wildman–Crippen MR) is 89.6 cm³/mol. The highest BCUT2D eigenvalue weighted by atomic mass is 16.5. The molecule has 0 aliphatic carbocycles. The van der Waals surface area contributed by atoms with Crippen molar-refractivity contribution in [1.82, 2.24) is 5.32 Å². The first-order valence-electron chi connectivity index (χ1n) is 7.85. The van der Waals surface area contributed by atoms with Crippen molar-refractivity contribution in [2.24, 2.45) is 5.92 Å². The van der Waals surface area contributed by atoms with Crippen molar-refractivity contribution in [1.29, 1.82) is 0 Å². The van der Waals surface area contributed by atoms with Gasteiger partial charge in [0.2, 0.25) is 0 Å². The summed E-state index contributed by atoms with van der Waals surface area (Å²) in [5.41, 5.74) is 2.27. The number of nitrogens with one attached hydrogen (secondary N) is 1. The van der Waals surface area contributed by atoms with Gasteiger partial charge in [-0.15, -0.1) is 0 Å². The van der Waals surface area contributed by atoms with Crippen molar-refractivity contribution < 1.29 is 23.9 Å². The van der Waals surface area contributed by atoms with E-state index in [9.17, 15) is 14.4 Å². The smallest absolute Gasteiger partial charge is 0.338 e. The molecule has 6 heteroatoms. The van der Waals surface area contributed by atoms with Crippen molar-refractivity contribution in [2.75, 3.05) is 13.7 Å². The summed E-state index contributed by atoms with van der Waals surface area (Å²) in [6, 6.07) is 4.59. The fourth-order valence-electron chi connectivity index (χ4n) is 2.37. The third-order valence-corrected chi connectivity index (χ3v) is 3.32. The first kappa shape index (κ1) is 19.7. The number of hydrogen-bond donors (Lipinski definition) is 1. The first-order chi connectivity index (χ1) is 11.2. The van der Waals surface area contributed by atoms with E-state index in [1.165, 1.54) is 7.11 Å². The second kappa shape index (κ2) is 9.05. The van der Waals surface area contributed by atoms with Crippen LogP contribution in [-0.2, 0) is 19.1 Å². The summed E-state index contributed by atoms with van der Waals surface area (Å²) in [6.07, 6.45) is 0.448. The van der Waals surface area contributed by atoms with Crippen LogP contribution in [0, 0.1) is 19.8 Å². The van der Waals surface area contributed by atoms with Gasteiger partial charge in [0.25, 0.3) is 5.91 Å². The first-order valence-corrected chi connectivity index (χ1v) is 7.85. The van der Waals surface area contributed by atoms with Gasteiger partial charge in [0.15, 0.2) is 6.61 Å². The number of carbonyl (C=O) groups excluding carboxylic acids is 3. The molecule has 0 aliphatic rings. The zero-order valence-electron chi connectivity index (χ0n) is 14.8. The summed E-state index contributed by atoms with van der Waals surface area (Å²) in [7, 11) is 1.27. The minimum absolute atomic E-state index is 0.201. The van der Waals surface area contributed by atoms with Crippen molar-refractivity contribution in [3.63, 3.8) is 0 Å². The highest BCUT2D eigenvalue weighted by Gasteiger charge is 2.23. The standard InChI is InChI=1S/C18H25NO5/c1-11(2)6-15(18(22)23-5)19-16(20)10-24-17(21)14-8-12(3)7-13(4)9-14/h7-9,11,15H,6,10H2,1-5H3,(H,19,20)/t15-/m1/s1. The number of benzene rings is 1. The summed E-state index contributed by atoms with van der Waals surface area (Å²) >= 11 is 0. The number of hydrogen-bond acceptors (Lipinski definition) is 5. The molecule has 0 saturated heterocycles. The third kappa shape index (κ3) is 6.40. The van der Waals surface area contributed by atoms with E-state index in [0.29, 0.717) is 12.0 Å². The lowest BCUT2D eigenvalue weighted by atomic mass is 10.0. The molecular weight excluding hydrogens is 310 g/mol. The lowest BCUT2D eigenvalue weighted by Gasteiger charge is -2.18. The summed E-state index contributed by atoms with van der Waals surface area (Å²) in [4.78, 5) is 35.6. The van der Waals surface area contributed by atoms with Gasteiger partial charge in [0.05, 0.1) is 12.7 Å². The normalized spacial score (nSPS) is 11.8. The van der Waals surface area contributed by atoms with Crippen LogP contribution in [0.4, 0.5) is 0 Å². The van der Waals surface area contributed by atoms with Gasteiger partial charge in [0.1, 0.15) is 6.04 Å². The van der Waals surface area contributed by atoms with Gasteiger partial charge in [-0.1, -0.05) is 31.0 Å². The van der Waals surface area contributed by atoms with Crippen molar-refractivity contribution >= 4 is 17.8 Å². The molecule has 0 aromatic heterocycles. The quantitative estimate of drug-likeness (QED) is 0.772. The second-order valence-corrected chi connectivity index (χ2v) is 6.23. The van der Waals surface area contributed by atoms with Gasteiger partial charge in [0, 0.05) is 0 Å². The molecular formula is C18H25NO5. The van der Waals surface area contributed by atoms with Gasteiger partial charge < -0.3 is 14.8 Å². The lowest BCUT2D eigenvalue weighted by molar-refractivity contribution is -0.145. The number of aryl methyl sites for hydroxylation is 2. The Bertz CT molecular complexity index is 589. The number of esters is 2. The summed E-state index contributed by atoms with van der Waals surface area (Å²) < 4.78 is 9.69. The molecule has 1 rings (SSSR count). The molecule has 0 radical (unpaired) electrons. The molecule has 24 heavy (non-hydrogen) atoms. The van der Waals surface area contributed by atoms with Crippen LogP contribution in [0.25, 0.3) is 0 Å². The van der Waals surface area contributed by atoms with Crippen molar-refractivity contribution in [3.8, 4) is 0 Å². The summed E-state index contributed by atoms with van der Waals surface area (Å²) in [6.45, 7) is 7.18. The van der Waals surface area contributed by atoms with Gasteiger partial charge >= 0.3 is 11.9 Å². The van der Waals surface area contributed by atoms with E-state index in [1.807, 2.05) is 33.8 Å². The highest BCUT2D eigenvalue weighted by Crippen LogP contribution is 2.10. The molecule has 0 fully saturated rings. The fourth-order valence-corrected chi connectivity index (χ4v) is 2.37. The van der Waals surface area contributed by atoms with E-state index in [4.69, 9.17) is 4.74 Å². The molecule has 0 aliphatic heterocycles. The van der Waals surface area contributed by atoms with Crippen LogP contribution in [0.2, 0.25) is 0 Å². The van der Waals surface area contributed by atoms with Crippen LogP contribution in [0.5, 0.6) is 0 Å². The van der Waals surface area contributed by atoms with Crippen LogP contribution in [0.3, 0.4) is 0 Å². The highest BCUT2D eigenvalue weighted by molar-refractivity contribution is 5.92. The zero-order chi connectivity index (χ0) is 18.3. The Balaban J connectivity index is 2.60.